The minimum atomic E-state index is -0.477. The average Bonchev–Trinajstić information content (AvgIpc) is 3.04. The van der Waals surface area contributed by atoms with E-state index < -0.39 is 4.92 Å². The highest BCUT2D eigenvalue weighted by atomic mass is 16.6. The summed E-state index contributed by atoms with van der Waals surface area (Å²) in [4.78, 5) is 27.4. The molecule has 0 saturated heterocycles. The predicted octanol–water partition coefficient (Wildman–Crippen LogP) is 3.32. The number of aryl methyl sites for hydroxylation is 1. The summed E-state index contributed by atoms with van der Waals surface area (Å²) in [6, 6.07) is 13.4. The number of nitro benzene ring substituents is 1. The molecule has 0 saturated carbocycles. The van der Waals surface area contributed by atoms with Crippen LogP contribution in [0.15, 0.2) is 60.9 Å². The summed E-state index contributed by atoms with van der Waals surface area (Å²) >= 11 is 0. The van der Waals surface area contributed by atoms with Gasteiger partial charge in [-0.2, -0.15) is 0 Å². The Morgan fingerprint density at radius 3 is 2.52 bits per heavy atom. The van der Waals surface area contributed by atoms with Crippen molar-refractivity contribution in [2.24, 2.45) is 0 Å². The van der Waals surface area contributed by atoms with Gasteiger partial charge in [0.25, 0.3) is 5.69 Å². The summed E-state index contributed by atoms with van der Waals surface area (Å²) in [5, 5.41) is 11.2. The second kappa shape index (κ2) is 5.84. The first-order valence-corrected chi connectivity index (χ1v) is 6.96. The van der Waals surface area contributed by atoms with Crippen molar-refractivity contribution in [3.63, 3.8) is 0 Å². The predicted molar refractivity (Wildman–Crippen MR) is 84.8 cm³/mol. The first-order chi connectivity index (χ1) is 11.1. The van der Waals surface area contributed by atoms with Crippen molar-refractivity contribution in [2.75, 3.05) is 0 Å². The summed E-state index contributed by atoms with van der Waals surface area (Å²) in [6.45, 7) is 1.93. The van der Waals surface area contributed by atoms with Crippen LogP contribution < -0.4 is 0 Å². The van der Waals surface area contributed by atoms with Gasteiger partial charge in [-0.25, -0.2) is 4.98 Å². The maximum Gasteiger partial charge on any atom is 0.293 e. The topological polar surface area (TPSA) is 78.0 Å². The first-order valence-electron chi connectivity index (χ1n) is 6.96. The smallest absolute Gasteiger partial charge is 0.291 e. The molecule has 0 N–H and O–H groups in total. The molecule has 0 atom stereocenters. The Hall–Kier alpha value is -3.28. The maximum absolute atomic E-state index is 12.6. The third-order valence-corrected chi connectivity index (χ3v) is 3.50. The number of imidazole rings is 1. The van der Waals surface area contributed by atoms with Gasteiger partial charge in [0.2, 0.25) is 5.78 Å². The van der Waals surface area contributed by atoms with Crippen LogP contribution in [0, 0.1) is 17.0 Å². The van der Waals surface area contributed by atoms with Crippen LogP contribution >= 0.6 is 0 Å². The van der Waals surface area contributed by atoms with Crippen LogP contribution in [0.4, 0.5) is 5.69 Å². The summed E-state index contributed by atoms with van der Waals surface area (Å²) in [5.74, 6) is -0.142. The number of nitro groups is 1. The van der Waals surface area contributed by atoms with Gasteiger partial charge < -0.3 is 0 Å². The van der Waals surface area contributed by atoms with Crippen LogP contribution in [-0.4, -0.2) is 20.3 Å². The van der Waals surface area contributed by atoms with E-state index in [1.165, 1.54) is 16.8 Å². The lowest BCUT2D eigenvalue weighted by molar-refractivity contribution is -0.384. The first kappa shape index (κ1) is 14.6. The molecule has 0 aliphatic rings. The zero-order valence-corrected chi connectivity index (χ0v) is 12.3. The summed E-state index contributed by atoms with van der Waals surface area (Å²) in [5.41, 5.74) is 1.76. The molecule has 23 heavy (non-hydrogen) atoms. The van der Waals surface area contributed by atoms with Gasteiger partial charge in [0.05, 0.1) is 4.92 Å². The van der Waals surface area contributed by atoms with Crippen molar-refractivity contribution in [2.45, 2.75) is 6.92 Å². The molecule has 0 radical (unpaired) electrons. The Labute approximate surface area is 132 Å². The fourth-order valence-corrected chi connectivity index (χ4v) is 2.32. The van der Waals surface area contributed by atoms with Gasteiger partial charge >= 0.3 is 0 Å². The van der Waals surface area contributed by atoms with Gasteiger partial charge in [0, 0.05) is 24.0 Å². The molecule has 3 aromatic rings. The lowest BCUT2D eigenvalue weighted by Crippen LogP contribution is -2.11. The highest BCUT2D eigenvalue weighted by Crippen LogP contribution is 2.24. The lowest BCUT2D eigenvalue weighted by Gasteiger charge is -2.08. The SMILES string of the molecule is Cc1ccc(C(=O)c2nccn2-c2ccccc2[N+](=O)[O-])cc1. The van der Waals surface area contributed by atoms with E-state index in [4.69, 9.17) is 0 Å². The Kier molecular flexibility index (Phi) is 3.72. The van der Waals surface area contributed by atoms with E-state index in [1.54, 1.807) is 36.5 Å². The van der Waals surface area contributed by atoms with E-state index in [2.05, 4.69) is 4.98 Å². The number of ketones is 1. The molecule has 0 aliphatic heterocycles. The van der Waals surface area contributed by atoms with Crippen molar-refractivity contribution in [1.82, 2.24) is 9.55 Å². The number of aromatic nitrogens is 2. The molecule has 0 amide bonds. The molecule has 1 heterocycles. The van der Waals surface area contributed by atoms with Crippen molar-refractivity contribution in [3.05, 3.63) is 88.0 Å². The third-order valence-electron chi connectivity index (χ3n) is 3.50. The second-order valence-electron chi connectivity index (χ2n) is 5.06. The van der Waals surface area contributed by atoms with Crippen LogP contribution in [0.2, 0.25) is 0 Å². The second-order valence-corrected chi connectivity index (χ2v) is 5.06. The Balaban J connectivity index is 2.09. The largest absolute Gasteiger partial charge is 0.293 e. The van der Waals surface area contributed by atoms with Gasteiger partial charge in [-0.15, -0.1) is 0 Å². The number of benzene rings is 2. The number of carbonyl (C=O) groups is 1. The summed E-state index contributed by atoms with van der Waals surface area (Å²) in [6.07, 6.45) is 3.00. The molecule has 0 spiro atoms. The fourth-order valence-electron chi connectivity index (χ4n) is 2.32. The number of para-hydroxylation sites is 2. The van der Waals surface area contributed by atoms with Crippen LogP contribution in [0.3, 0.4) is 0 Å². The molecule has 0 unspecified atom stereocenters. The lowest BCUT2D eigenvalue weighted by atomic mass is 10.1. The maximum atomic E-state index is 12.6. The molecule has 6 nitrogen and oxygen atoms in total. The highest BCUT2D eigenvalue weighted by Gasteiger charge is 2.21. The van der Waals surface area contributed by atoms with E-state index in [0.717, 1.165) is 5.56 Å². The van der Waals surface area contributed by atoms with Crippen molar-refractivity contribution in [3.8, 4) is 5.69 Å². The van der Waals surface area contributed by atoms with Gasteiger partial charge in [-0.1, -0.05) is 42.0 Å². The van der Waals surface area contributed by atoms with Crippen LogP contribution in [0.1, 0.15) is 21.7 Å². The quantitative estimate of drug-likeness (QED) is 0.421. The molecule has 114 valence electrons. The summed E-state index contributed by atoms with van der Waals surface area (Å²) < 4.78 is 1.44. The van der Waals surface area contributed by atoms with E-state index in [1.807, 2.05) is 19.1 Å². The van der Waals surface area contributed by atoms with Gasteiger partial charge in [0.15, 0.2) is 5.82 Å². The van der Waals surface area contributed by atoms with Crippen molar-refractivity contribution >= 4 is 11.5 Å². The number of rotatable bonds is 4. The molecular formula is C17H13N3O3. The standard InChI is InChI=1S/C17H13N3O3/c1-12-6-8-13(9-7-12)16(21)17-18-10-11-19(17)14-4-2-3-5-15(14)20(22)23/h2-11H,1H3. The van der Waals surface area contributed by atoms with E-state index in [9.17, 15) is 14.9 Å². The Morgan fingerprint density at radius 2 is 1.83 bits per heavy atom. The molecular weight excluding hydrogens is 294 g/mol. The Bertz CT molecular complexity index is 882. The van der Waals surface area contributed by atoms with E-state index in [0.29, 0.717) is 11.3 Å². The molecule has 0 bridgehead atoms. The molecule has 2 aromatic carbocycles. The van der Waals surface area contributed by atoms with Gasteiger partial charge in [-0.3, -0.25) is 19.5 Å². The third kappa shape index (κ3) is 2.74. The fraction of sp³-hybridized carbons (Fsp3) is 0.0588. The van der Waals surface area contributed by atoms with Gasteiger partial charge in [-0.05, 0) is 13.0 Å². The molecule has 0 fully saturated rings. The minimum absolute atomic E-state index is 0.0801. The van der Waals surface area contributed by atoms with E-state index in [-0.39, 0.29) is 17.3 Å². The monoisotopic (exact) mass is 307 g/mol. The molecule has 0 aliphatic carbocycles. The van der Waals surface area contributed by atoms with Crippen LogP contribution in [0.25, 0.3) is 5.69 Å². The molecule has 6 heteroatoms. The number of carbonyl (C=O) groups excluding carboxylic acids is 1. The van der Waals surface area contributed by atoms with Crippen molar-refractivity contribution in [1.29, 1.82) is 0 Å². The average molecular weight is 307 g/mol. The van der Waals surface area contributed by atoms with Crippen LogP contribution in [0.5, 0.6) is 0 Å². The van der Waals surface area contributed by atoms with Gasteiger partial charge in [0.1, 0.15) is 5.69 Å². The number of hydrogen-bond acceptors (Lipinski definition) is 4. The van der Waals surface area contributed by atoms with Crippen molar-refractivity contribution < 1.29 is 9.72 Å². The normalized spacial score (nSPS) is 10.5. The number of hydrogen-bond donors (Lipinski definition) is 0. The highest BCUT2D eigenvalue weighted by molar-refractivity contribution is 6.07. The molecule has 1 aromatic heterocycles. The number of nitrogens with zero attached hydrogens (tertiary/aromatic N) is 3. The van der Waals surface area contributed by atoms with Crippen LogP contribution in [-0.2, 0) is 0 Å². The minimum Gasteiger partial charge on any atom is -0.291 e. The summed E-state index contributed by atoms with van der Waals surface area (Å²) in [7, 11) is 0. The van der Waals surface area contributed by atoms with E-state index >= 15 is 0 Å². The zero-order chi connectivity index (χ0) is 16.4. The molecule has 3 rings (SSSR count). The Morgan fingerprint density at radius 1 is 1.13 bits per heavy atom. The zero-order valence-electron chi connectivity index (χ0n) is 12.3.